The molecular weight excluding hydrogens is 1050 g/mol. The second-order valence-corrected chi connectivity index (χ2v) is 23.8. The quantitative estimate of drug-likeness (QED) is 0.101. The normalized spacial score (nSPS) is 22.3. The molecule has 6 heterocycles. The first-order chi connectivity index (χ1) is 39.8. The molecule has 4 aromatic carbocycles. The molecule has 3 N–H and O–H groups in total. The number of aromatic nitrogens is 2. The lowest BCUT2D eigenvalue weighted by Crippen LogP contribution is -2.62. The topological polar surface area (TPSA) is 175 Å². The molecule has 12 rings (SSSR count). The Labute approximate surface area is 476 Å². The van der Waals surface area contributed by atoms with Crippen molar-refractivity contribution in [1.29, 1.82) is 0 Å². The van der Waals surface area contributed by atoms with Crippen LogP contribution in [-0.2, 0) is 27.3 Å². The van der Waals surface area contributed by atoms with Crippen LogP contribution in [0.15, 0.2) is 89.7 Å². The van der Waals surface area contributed by atoms with Crippen molar-refractivity contribution in [2.75, 3.05) is 91.6 Å². The molecule has 5 saturated heterocycles. The van der Waals surface area contributed by atoms with Gasteiger partial charge in [-0.05, 0) is 110 Å². The summed E-state index contributed by atoms with van der Waals surface area (Å²) in [5.41, 5.74) is 2.74. The Balaban J connectivity index is 0.630. The van der Waals surface area contributed by atoms with Gasteiger partial charge in [0.2, 0.25) is 17.7 Å². The highest BCUT2D eigenvalue weighted by Crippen LogP contribution is 2.41. The van der Waals surface area contributed by atoms with E-state index < -0.39 is 29.4 Å². The third kappa shape index (κ3) is 13.1. The van der Waals surface area contributed by atoms with Crippen molar-refractivity contribution < 1.29 is 37.1 Å². The third-order valence-electron chi connectivity index (χ3n) is 18.6. The van der Waals surface area contributed by atoms with Crippen molar-refractivity contribution in [2.24, 2.45) is 17.8 Å². The molecule has 0 spiro atoms. The summed E-state index contributed by atoms with van der Waals surface area (Å²) >= 11 is 0. The Morgan fingerprint density at radius 2 is 1.45 bits per heavy atom. The van der Waals surface area contributed by atoms with Gasteiger partial charge in [-0.25, -0.2) is 18.3 Å². The average molecular weight is 1130 g/mol. The fourth-order valence-electron chi connectivity index (χ4n) is 13.9. The van der Waals surface area contributed by atoms with Crippen LogP contribution in [0.2, 0.25) is 0 Å². The van der Waals surface area contributed by atoms with Gasteiger partial charge in [0, 0.05) is 126 Å². The molecule has 1 aromatic heterocycles. The molecule has 5 aliphatic heterocycles. The number of amides is 5. The number of fused-ring (bicyclic) bond motifs is 4. The van der Waals surface area contributed by atoms with Gasteiger partial charge in [-0.3, -0.25) is 33.7 Å². The number of likely N-dealkylation sites (tertiary alicyclic amines) is 1. The van der Waals surface area contributed by atoms with Gasteiger partial charge in [-0.2, -0.15) is 5.10 Å². The fraction of sp³-hybridized carbons (Fsp3) is 0.508. The summed E-state index contributed by atoms with van der Waals surface area (Å²) in [6.07, 6.45) is 9.91. The smallest absolute Gasteiger partial charge is 0.272 e. The van der Waals surface area contributed by atoms with Gasteiger partial charge in [0.25, 0.3) is 17.4 Å². The van der Waals surface area contributed by atoms with E-state index in [1.165, 1.54) is 18.2 Å². The van der Waals surface area contributed by atoms with Gasteiger partial charge in [0.1, 0.15) is 23.5 Å². The van der Waals surface area contributed by atoms with E-state index >= 15 is 4.39 Å². The van der Waals surface area contributed by atoms with Crippen LogP contribution in [0.4, 0.5) is 13.2 Å². The average Bonchev–Trinajstić information content (AvgIpc) is 3.59. The third-order valence-corrected chi connectivity index (χ3v) is 18.6. The van der Waals surface area contributed by atoms with Gasteiger partial charge in [-0.15, -0.1) is 0 Å². The van der Waals surface area contributed by atoms with Gasteiger partial charge >= 0.3 is 0 Å². The minimum absolute atomic E-state index is 0.0194. The van der Waals surface area contributed by atoms with E-state index in [2.05, 4.69) is 35.5 Å². The van der Waals surface area contributed by atoms with E-state index in [1.807, 2.05) is 35.2 Å². The Morgan fingerprint density at radius 1 is 0.683 bits per heavy atom. The number of piperidine rings is 3. The molecule has 82 heavy (non-hydrogen) atoms. The molecule has 19 heteroatoms. The minimum atomic E-state index is -0.656. The molecule has 7 fully saturated rings. The summed E-state index contributed by atoms with van der Waals surface area (Å²) in [5.74, 6) is -1.72. The summed E-state index contributed by atoms with van der Waals surface area (Å²) in [6.45, 7) is 7.72. The molecule has 5 atom stereocenters. The van der Waals surface area contributed by atoms with E-state index in [0.29, 0.717) is 98.2 Å². The molecule has 0 radical (unpaired) electrons. The van der Waals surface area contributed by atoms with Crippen LogP contribution >= 0.6 is 0 Å². The van der Waals surface area contributed by atoms with Crippen LogP contribution in [0, 0.1) is 35.2 Å². The molecule has 2 saturated carbocycles. The van der Waals surface area contributed by atoms with E-state index in [1.54, 1.807) is 40.1 Å². The lowest BCUT2D eigenvalue weighted by molar-refractivity contribution is -0.145. The molecule has 16 nitrogen and oxygen atoms in total. The molecule has 2 aliphatic carbocycles. The SMILES string of the molecule is O=C(N[C@@H](C(=O)N1CC2CCC1CC2CN1CCN(CC(=O)N2CCN(C(=O)c3cc(Cc4n[nH]c(=O)c5ccccc45)ccc3F)CC2)CC1)C1CCCCC1)c1cccc(C2CCCN(C(=O)CNCc3ccc(F)cc3F)C2)c1. The van der Waals surface area contributed by atoms with Crippen LogP contribution in [-0.4, -0.2) is 173 Å². The summed E-state index contributed by atoms with van der Waals surface area (Å²) in [7, 11) is 0. The number of nitrogens with zero attached hydrogens (tertiary/aromatic N) is 7. The standard InChI is InChI=1S/C63H75F3N10O6/c64-49-18-16-45(55(66)34-49)35-67-36-57(77)75-21-7-12-46(38-75)43-10-6-11-44(32-43)60(79)68-59(42-8-2-1-3-9-42)63(82)76-39-47-17-19-50(76)33-48(47)37-71-22-24-72(25-23-71)40-58(78)73-26-28-74(29-27-73)62(81)53-30-41(15-20-54(53)65)31-56-51-13-4-5-14-52(51)61(80)70-69-56/h4-6,10-11,13-16,18,20,30,32,34,42,46-48,50,59,67H,1-3,7-9,12,17,19,21-29,31,33,35-40H2,(H,68,79)(H,70,80)/t46?,47?,48?,50?,59-/m1/s1. The first kappa shape index (κ1) is 56.9. The molecule has 434 valence electrons. The summed E-state index contributed by atoms with van der Waals surface area (Å²) in [6, 6.07) is 22.1. The largest absolute Gasteiger partial charge is 0.341 e. The van der Waals surface area contributed by atoms with E-state index in [0.717, 1.165) is 109 Å². The lowest BCUT2D eigenvalue weighted by atomic mass is 9.71. The summed E-state index contributed by atoms with van der Waals surface area (Å²) in [4.78, 5) is 94.0. The number of aromatic amines is 1. The highest BCUT2D eigenvalue weighted by Gasteiger charge is 2.46. The number of piperazine rings is 2. The van der Waals surface area contributed by atoms with Crippen molar-refractivity contribution in [2.45, 2.75) is 95.2 Å². The molecular formula is C63H75F3N10O6. The Morgan fingerprint density at radius 3 is 2.22 bits per heavy atom. The monoisotopic (exact) mass is 1120 g/mol. The minimum Gasteiger partial charge on any atom is -0.341 e. The number of hydrogen-bond acceptors (Lipinski definition) is 10. The van der Waals surface area contributed by atoms with Crippen LogP contribution in [0.1, 0.15) is 113 Å². The van der Waals surface area contributed by atoms with Gasteiger partial charge in [0.15, 0.2) is 0 Å². The zero-order chi connectivity index (χ0) is 56.9. The van der Waals surface area contributed by atoms with E-state index in [9.17, 15) is 37.5 Å². The number of benzene rings is 4. The predicted octanol–water partition coefficient (Wildman–Crippen LogP) is 6.34. The molecule has 4 unspecified atom stereocenters. The van der Waals surface area contributed by atoms with Crippen LogP contribution < -0.4 is 16.2 Å². The fourth-order valence-corrected chi connectivity index (χ4v) is 13.9. The molecule has 7 aliphatic rings. The molecule has 5 aromatic rings. The number of hydrogen-bond donors (Lipinski definition) is 3. The van der Waals surface area contributed by atoms with E-state index in [4.69, 9.17) is 0 Å². The van der Waals surface area contributed by atoms with Crippen molar-refractivity contribution in [3.63, 3.8) is 0 Å². The molecule has 2 bridgehead atoms. The number of rotatable bonds is 16. The first-order valence-electron chi connectivity index (χ1n) is 29.7. The number of H-pyrrole nitrogens is 1. The van der Waals surface area contributed by atoms with E-state index in [-0.39, 0.29) is 71.3 Å². The summed E-state index contributed by atoms with van der Waals surface area (Å²) in [5, 5.41) is 14.3. The van der Waals surface area contributed by atoms with Crippen molar-refractivity contribution in [1.82, 2.24) is 50.2 Å². The second-order valence-electron chi connectivity index (χ2n) is 23.8. The van der Waals surface area contributed by atoms with Crippen LogP contribution in [0.25, 0.3) is 10.8 Å². The summed E-state index contributed by atoms with van der Waals surface area (Å²) < 4.78 is 42.7. The van der Waals surface area contributed by atoms with Gasteiger partial charge in [-0.1, -0.05) is 61.7 Å². The second kappa shape index (κ2) is 25.7. The first-order valence-corrected chi connectivity index (χ1v) is 29.7. The van der Waals surface area contributed by atoms with Gasteiger partial charge < -0.3 is 35.1 Å². The zero-order valence-corrected chi connectivity index (χ0v) is 46.6. The Bertz CT molecular complexity index is 3210. The van der Waals surface area contributed by atoms with Crippen molar-refractivity contribution in [3.8, 4) is 0 Å². The van der Waals surface area contributed by atoms with Crippen LogP contribution in [0.5, 0.6) is 0 Å². The number of nitrogens with one attached hydrogen (secondary N) is 3. The number of carbonyl (C=O) groups excluding carboxylic acids is 5. The number of halogens is 3. The highest BCUT2D eigenvalue weighted by atomic mass is 19.1. The van der Waals surface area contributed by atoms with Gasteiger partial charge in [0.05, 0.1) is 29.7 Å². The van der Waals surface area contributed by atoms with Crippen molar-refractivity contribution in [3.05, 3.63) is 146 Å². The molecule has 5 amide bonds. The number of carbonyl (C=O) groups is 5. The maximum Gasteiger partial charge on any atom is 0.272 e. The Hall–Kier alpha value is -6.96. The Kier molecular flexibility index (Phi) is 17.8. The van der Waals surface area contributed by atoms with Crippen molar-refractivity contribution >= 4 is 40.3 Å². The predicted molar refractivity (Wildman–Crippen MR) is 304 cm³/mol. The maximum atomic E-state index is 15.2. The highest BCUT2D eigenvalue weighted by molar-refractivity contribution is 5.98. The van der Waals surface area contributed by atoms with Crippen LogP contribution in [0.3, 0.4) is 0 Å². The zero-order valence-electron chi connectivity index (χ0n) is 46.6. The lowest BCUT2D eigenvalue weighted by Gasteiger charge is -2.52. The maximum absolute atomic E-state index is 15.2.